The Bertz CT molecular complexity index is 659. The largest absolute Gasteiger partial charge is 0.418 e. The van der Waals surface area contributed by atoms with E-state index in [-0.39, 0.29) is 17.1 Å². The third-order valence-corrected chi connectivity index (χ3v) is 3.51. The van der Waals surface area contributed by atoms with Crippen LogP contribution in [0.4, 0.5) is 19.0 Å². The van der Waals surface area contributed by atoms with Crippen LogP contribution in [-0.2, 0) is 12.7 Å². The first-order chi connectivity index (χ1) is 10.9. The minimum Gasteiger partial charge on any atom is -0.369 e. The second-order valence-electron chi connectivity index (χ2n) is 5.04. The Morgan fingerprint density at radius 1 is 1.09 bits per heavy atom. The lowest BCUT2D eigenvalue weighted by Gasteiger charge is -2.15. The molecule has 0 saturated heterocycles. The first-order valence-corrected chi connectivity index (χ1v) is 7.48. The van der Waals surface area contributed by atoms with Gasteiger partial charge in [-0.3, -0.25) is 0 Å². The van der Waals surface area contributed by atoms with Crippen molar-refractivity contribution < 1.29 is 13.2 Å². The maximum atomic E-state index is 13.0. The maximum Gasteiger partial charge on any atom is 0.418 e. The highest BCUT2D eigenvalue weighted by Gasteiger charge is 2.35. The van der Waals surface area contributed by atoms with Gasteiger partial charge in [-0.15, -0.1) is 0 Å². The molecule has 0 unspecified atom stereocenters. The molecule has 124 valence electrons. The molecule has 0 fully saturated rings. The van der Waals surface area contributed by atoms with Crippen molar-refractivity contribution in [1.82, 2.24) is 10.3 Å². The first kappa shape index (κ1) is 17.6. The molecule has 0 bridgehead atoms. The Labute approximate surface area is 137 Å². The van der Waals surface area contributed by atoms with E-state index < -0.39 is 11.7 Å². The lowest BCUT2D eigenvalue weighted by atomic mass is 10.1. The molecule has 2 aromatic rings. The number of aromatic nitrogens is 1. The molecule has 1 heterocycles. The topological polar surface area (TPSA) is 37.0 Å². The van der Waals surface area contributed by atoms with Crippen LogP contribution >= 0.6 is 11.6 Å². The van der Waals surface area contributed by atoms with Crippen LogP contribution in [0.5, 0.6) is 0 Å². The van der Waals surface area contributed by atoms with Crippen LogP contribution in [0.2, 0.25) is 5.02 Å². The smallest absolute Gasteiger partial charge is 0.369 e. The van der Waals surface area contributed by atoms with E-state index in [1.54, 1.807) is 0 Å². The number of nitrogens with one attached hydrogen (secondary N) is 2. The van der Waals surface area contributed by atoms with E-state index in [0.717, 1.165) is 11.5 Å². The third-order valence-electron chi connectivity index (χ3n) is 3.20. The Hall–Kier alpha value is -1.79. The minimum atomic E-state index is -4.46. The summed E-state index contributed by atoms with van der Waals surface area (Å²) in [5.41, 5.74) is 0.262. The number of pyridine rings is 1. The van der Waals surface area contributed by atoms with Crippen LogP contribution < -0.4 is 10.6 Å². The fourth-order valence-corrected chi connectivity index (χ4v) is 2.48. The summed E-state index contributed by atoms with van der Waals surface area (Å²) >= 11 is 5.68. The normalized spacial score (nSPS) is 11.5. The van der Waals surface area contributed by atoms with Crippen molar-refractivity contribution in [1.29, 1.82) is 0 Å². The van der Waals surface area contributed by atoms with Gasteiger partial charge in [-0.25, -0.2) is 4.98 Å². The Kier molecular flexibility index (Phi) is 5.85. The summed E-state index contributed by atoms with van der Waals surface area (Å²) in [5, 5.41) is 5.80. The lowest BCUT2D eigenvalue weighted by Crippen LogP contribution is -2.23. The number of hydrogen-bond acceptors (Lipinski definition) is 3. The monoisotopic (exact) mass is 343 g/mol. The summed E-state index contributed by atoms with van der Waals surface area (Å²) in [6.07, 6.45) is -4.46. The zero-order chi connectivity index (χ0) is 16.9. The zero-order valence-corrected chi connectivity index (χ0v) is 13.3. The van der Waals surface area contributed by atoms with Gasteiger partial charge in [-0.05, 0) is 30.7 Å². The lowest BCUT2D eigenvalue weighted by molar-refractivity contribution is -0.138. The molecule has 0 aliphatic rings. The van der Waals surface area contributed by atoms with E-state index >= 15 is 0 Å². The first-order valence-electron chi connectivity index (χ1n) is 7.11. The molecule has 3 nitrogen and oxygen atoms in total. The predicted molar refractivity (Wildman–Crippen MR) is 85.6 cm³/mol. The van der Waals surface area contributed by atoms with Crippen molar-refractivity contribution in [3.8, 4) is 0 Å². The average molecular weight is 344 g/mol. The van der Waals surface area contributed by atoms with Crippen molar-refractivity contribution in [2.45, 2.75) is 19.6 Å². The molecule has 1 aromatic carbocycles. The second kappa shape index (κ2) is 7.66. The Balaban J connectivity index is 1.86. The van der Waals surface area contributed by atoms with Crippen molar-refractivity contribution in [3.05, 3.63) is 58.2 Å². The number of hydrogen-bond donors (Lipinski definition) is 2. The number of halogens is 4. The van der Waals surface area contributed by atoms with Crippen molar-refractivity contribution >= 4 is 17.4 Å². The quantitative estimate of drug-likeness (QED) is 0.769. The number of anilines is 1. The molecular formula is C16H17ClF3N3. The van der Waals surface area contributed by atoms with Crippen molar-refractivity contribution in [2.24, 2.45) is 0 Å². The number of rotatable bonds is 6. The third kappa shape index (κ3) is 5.11. The standard InChI is InChI=1S/C16H17ClF3N3/c1-11-4-2-7-14(23-11)22-9-8-21-10-12-5-3-6-13(17)15(12)16(18,19)20/h2-7,21H,8-10H2,1H3,(H,22,23). The summed E-state index contributed by atoms with van der Waals surface area (Å²) in [5.74, 6) is 0.741. The van der Waals surface area contributed by atoms with Crippen molar-refractivity contribution in [2.75, 3.05) is 18.4 Å². The summed E-state index contributed by atoms with van der Waals surface area (Å²) in [6, 6.07) is 9.81. The highest BCUT2D eigenvalue weighted by atomic mass is 35.5. The molecular weight excluding hydrogens is 327 g/mol. The molecule has 2 N–H and O–H groups in total. The molecule has 0 amide bonds. The molecule has 1 aromatic heterocycles. The van der Waals surface area contributed by atoms with E-state index in [4.69, 9.17) is 11.6 Å². The summed E-state index contributed by atoms with van der Waals surface area (Å²) in [7, 11) is 0. The SMILES string of the molecule is Cc1cccc(NCCNCc2cccc(Cl)c2C(F)(F)F)n1. The fraction of sp³-hybridized carbons (Fsp3) is 0.312. The van der Waals surface area contributed by atoms with Gasteiger partial charge < -0.3 is 10.6 Å². The molecule has 0 aliphatic carbocycles. The van der Waals surface area contributed by atoms with E-state index in [1.165, 1.54) is 18.2 Å². The van der Waals surface area contributed by atoms with E-state index in [1.807, 2.05) is 25.1 Å². The van der Waals surface area contributed by atoms with E-state index in [0.29, 0.717) is 13.1 Å². The highest BCUT2D eigenvalue weighted by Crippen LogP contribution is 2.37. The predicted octanol–water partition coefficient (Wildman–Crippen LogP) is 4.26. The summed E-state index contributed by atoms with van der Waals surface area (Å²) in [6.45, 7) is 3.04. The molecule has 0 saturated carbocycles. The molecule has 0 atom stereocenters. The molecule has 0 spiro atoms. The average Bonchev–Trinajstić information content (AvgIpc) is 2.45. The highest BCUT2D eigenvalue weighted by molar-refractivity contribution is 6.31. The maximum absolute atomic E-state index is 13.0. The van der Waals surface area contributed by atoms with Crippen LogP contribution in [0.25, 0.3) is 0 Å². The van der Waals surface area contributed by atoms with Crippen LogP contribution in [0.1, 0.15) is 16.8 Å². The number of benzene rings is 1. The number of nitrogens with zero attached hydrogens (tertiary/aromatic N) is 1. The molecule has 2 rings (SSSR count). The van der Waals surface area contributed by atoms with Gasteiger partial charge in [0.25, 0.3) is 0 Å². The van der Waals surface area contributed by atoms with Gasteiger partial charge in [-0.2, -0.15) is 13.2 Å². The van der Waals surface area contributed by atoms with Gasteiger partial charge >= 0.3 is 6.18 Å². The van der Waals surface area contributed by atoms with Crippen LogP contribution in [-0.4, -0.2) is 18.1 Å². The number of aryl methyl sites for hydroxylation is 1. The van der Waals surface area contributed by atoms with Gasteiger partial charge in [0.05, 0.1) is 10.6 Å². The van der Waals surface area contributed by atoms with Crippen LogP contribution in [0.15, 0.2) is 36.4 Å². The molecule has 7 heteroatoms. The Morgan fingerprint density at radius 2 is 1.83 bits per heavy atom. The zero-order valence-electron chi connectivity index (χ0n) is 12.5. The van der Waals surface area contributed by atoms with Gasteiger partial charge in [0.1, 0.15) is 5.82 Å². The van der Waals surface area contributed by atoms with E-state index in [9.17, 15) is 13.2 Å². The molecule has 23 heavy (non-hydrogen) atoms. The minimum absolute atomic E-state index is 0.0956. The van der Waals surface area contributed by atoms with Crippen LogP contribution in [0, 0.1) is 6.92 Å². The molecule has 0 radical (unpaired) electrons. The molecule has 0 aliphatic heterocycles. The fourth-order valence-electron chi connectivity index (χ4n) is 2.18. The number of alkyl halides is 3. The van der Waals surface area contributed by atoms with Gasteiger partial charge in [0.15, 0.2) is 0 Å². The second-order valence-corrected chi connectivity index (χ2v) is 5.45. The van der Waals surface area contributed by atoms with Crippen molar-refractivity contribution in [3.63, 3.8) is 0 Å². The van der Waals surface area contributed by atoms with Gasteiger partial charge in [0, 0.05) is 25.3 Å². The van der Waals surface area contributed by atoms with E-state index in [2.05, 4.69) is 15.6 Å². The summed E-state index contributed by atoms with van der Waals surface area (Å²) < 4.78 is 39.0. The van der Waals surface area contributed by atoms with Gasteiger partial charge in [0.2, 0.25) is 0 Å². The summed E-state index contributed by atoms with van der Waals surface area (Å²) in [4.78, 5) is 4.28. The Morgan fingerprint density at radius 3 is 2.52 bits per heavy atom. The van der Waals surface area contributed by atoms with Gasteiger partial charge in [-0.1, -0.05) is 29.8 Å². The van der Waals surface area contributed by atoms with Crippen LogP contribution in [0.3, 0.4) is 0 Å².